The van der Waals surface area contributed by atoms with E-state index in [1.165, 1.54) is 0 Å². The molecule has 2 N–H and O–H groups in total. The van der Waals surface area contributed by atoms with E-state index in [0.717, 1.165) is 24.8 Å². The average Bonchev–Trinajstić information content (AvgIpc) is 2.55. The molecule has 1 saturated carbocycles. The number of hydrogen-bond acceptors (Lipinski definition) is 4. The Hall–Kier alpha value is -1.91. The molecular formula is C17H22N2O4S. The molecule has 1 aliphatic carbocycles. The number of nitriles is 1. The minimum atomic E-state index is -3.87. The lowest BCUT2D eigenvalue weighted by Gasteiger charge is -2.30. The fraction of sp³-hybridized carbons (Fsp3) is 0.529. The summed E-state index contributed by atoms with van der Waals surface area (Å²) in [5.74, 6) is -1.56. The van der Waals surface area contributed by atoms with E-state index in [4.69, 9.17) is 0 Å². The fourth-order valence-corrected chi connectivity index (χ4v) is 4.95. The fourth-order valence-electron chi connectivity index (χ4n) is 3.17. The Morgan fingerprint density at radius 3 is 2.42 bits per heavy atom. The highest BCUT2D eigenvalue weighted by atomic mass is 32.2. The van der Waals surface area contributed by atoms with Crippen LogP contribution in [-0.4, -0.2) is 31.3 Å². The van der Waals surface area contributed by atoms with Crippen LogP contribution in [0.1, 0.15) is 37.7 Å². The number of aliphatic carboxylic acids is 1. The normalized spacial score (nSPS) is 18.5. The van der Waals surface area contributed by atoms with Crippen LogP contribution in [0.3, 0.4) is 0 Å². The molecule has 0 bridgehead atoms. The third-order valence-electron chi connectivity index (χ3n) is 4.42. The first-order valence-electron chi connectivity index (χ1n) is 8.04. The topological polar surface area (TPSA) is 107 Å². The minimum Gasteiger partial charge on any atom is -0.480 e. The summed E-state index contributed by atoms with van der Waals surface area (Å²) in [5, 5.41) is 18.8. The van der Waals surface area contributed by atoms with Crippen molar-refractivity contribution in [3.05, 3.63) is 35.9 Å². The zero-order chi connectivity index (χ0) is 17.6. The largest absolute Gasteiger partial charge is 0.480 e. The molecule has 0 spiro atoms. The van der Waals surface area contributed by atoms with Crippen LogP contribution < -0.4 is 4.72 Å². The smallest absolute Gasteiger partial charge is 0.322 e. The summed E-state index contributed by atoms with van der Waals surface area (Å²) < 4.78 is 27.2. The highest BCUT2D eigenvalue weighted by Crippen LogP contribution is 2.36. The second-order valence-electron chi connectivity index (χ2n) is 6.41. The van der Waals surface area contributed by atoms with Crippen LogP contribution in [0.25, 0.3) is 0 Å². The van der Waals surface area contributed by atoms with Crippen molar-refractivity contribution >= 4 is 16.0 Å². The van der Waals surface area contributed by atoms with Gasteiger partial charge in [0.25, 0.3) is 0 Å². The van der Waals surface area contributed by atoms with Crippen molar-refractivity contribution in [1.29, 1.82) is 5.26 Å². The van der Waals surface area contributed by atoms with Crippen LogP contribution >= 0.6 is 0 Å². The van der Waals surface area contributed by atoms with Gasteiger partial charge in [0.15, 0.2) is 0 Å². The first-order valence-corrected chi connectivity index (χ1v) is 9.69. The van der Waals surface area contributed by atoms with E-state index in [0.29, 0.717) is 12.8 Å². The zero-order valence-electron chi connectivity index (χ0n) is 13.4. The van der Waals surface area contributed by atoms with Crippen molar-refractivity contribution in [3.63, 3.8) is 0 Å². The molecular weight excluding hydrogens is 328 g/mol. The predicted octanol–water partition coefficient (Wildman–Crippen LogP) is 2.08. The van der Waals surface area contributed by atoms with E-state index >= 15 is 0 Å². The Morgan fingerprint density at radius 1 is 1.25 bits per heavy atom. The van der Waals surface area contributed by atoms with Gasteiger partial charge in [-0.2, -0.15) is 5.26 Å². The zero-order valence-corrected chi connectivity index (χ0v) is 14.3. The van der Waals surface area contributed by atoms with Gasteiger partial charge in [0.1, 0.15) is 6.04 Å². The molecule has 0 radical (unpaired) electrons. The van der Waals surface area contributed by atoms with Crippen molar-refractivity contribution in [3.8, 4) is 6.07 Å². The quantitative estimate of drug-likeness (QED) is 0.783. The van der Waals surface area contributed by atoms with Gasteiger partial charge in [0.05, 0.1) is 17.2 Å². The molecule has 1 atom stereocenters. The van der Waals surface area contributed by atoms with E-state index in [9.17, 15) is 23.6 Å². The van der Waals surface area contributed by atoms with Gasteiger partial charge in [0.2, 0.25) is 10.0 Å². The van der Waals surface area contributed by atoms with Crippen LogP contribution in [0, 0.1) is 16.7 Å². The molecule has 1 aromatic carbocycles. The van der Waals surface area contributed by atoms with Gasteiger partial charge in [-0.25, -0.2) is 13.1 Å². The Bertz CT molecular complexity index is 704. The van der Waals surface area contributed by atoms with Crippen molar-refractivity contribution < 1.29 is 18.3 Å². The van der Waals surface area contributed by atoms with Crippen molar-refractivity contribution in [1.82, 2.24) is 4.72 Å². The summed E-state index contributed by atoms with van der Waals surface area (Å²) in [5.41, 5.74) is -0.167. The number of carboxylic acids is 1. The molecule has 24 heavy (non-hydrogen) atoms. The van der Waals surface area contributed by atoms with Gasteiger partial charge in [-0.15, -0.1) is 0 Å². The van der Waals surface area contributed by atoms with E-state index in [1.54, 1.807) is 24.3 Å². The molecule has 6 nitrogen and oxygen atoms in total. The number of rotatable bonds is 7. The number of benzene rings is 1. The van der Waals surface area contributed by atoms with Gasteiger partial charge in [-0.3, -0.25) is 4.79 Å². The third kappa shape index (κ3) is 5.05. The Morgan fingerprint density at radius 2 is 1.88 bits per heavy atom. The second-order valence-corrected chi connectivity index (χ2v) is 8.16. The number of hydrogen-bond donors (Lipinski definition) is 2. The molecule has 130 valence electrons. The third-order valence-corrected chi connectivity index (χ3v) is 5.99. The summed E-state index contributed by atoms with van der Waals surface area (Å²) in [6.07, 6.45) is 3.81. The SMILES string of the molecule is N#CC1(CS(=O)(=O)N[C@H](Cc2ccccc2)C(=O)O)CCCCC1. The molecule has 1 fully saturated rings. The molecule has 0 aliphatic heterocycles. The summed E-state index contributed by atoms with van der Waals surface area (Å²) in [6.45, 7) is 0. The highest BCUT2D eigenvalue weighted by molar-refractivity contribution is 7.89. The predicted molar refractivity (Wildman–Crippen MR) is 89.6 cm³/mol. The maximum Gasteiger partial charge on any atom is 0.322 e. The highest BCUT2D eigenvalue weighted by Gasteiger charge is 2.38. The summed E-state index contributed by atoms with van der Waals surface area (Å²) >= 11 is 0. The molecule has 2 rings (SSSR count). The van der Waals surface area contributed by atoms with Crippen LogP contribution in [0.4, 0.5) is 0 Å². The van der Waals surface area contributed by atoms with Gasteiger partial charge in [-0.1, -0.05) is 49.6 Å². The molecule has 0 unspecified atom stereocenters. The number of carbonyl (C=O) groups is 1. The number of nitrogens with one attached hydrogen (secondary N) is 1. The monoisotopic (exact) mass is 350 g/mol. The van der Waals surface area contributed by atoms with E-state index in [-0.39, 0.29) is 12.2 Å². The Labute approximate surface area is 142 Å². The number of nitrogens with zero attached hydrogens (tertiary/aromatic N) is 1. The Balaban J connectivity index is 2.10. The standard InChI is InChI=1S/C17H22N2O4S/c18-12-17(9-5-2-6-10-17)13-24(22,23)19-15(16(20)21)11-14-7-3-1-4-8-14/h1,3-4,7-8,15,19H,2,5-6,9-11,13H2,(H,20,21)/t15-/m1/s1. The summed E-state index contributed by atoms with van der Waals surface area (Å²) in [4.78, 5) is 11.4. The average molecular weight is 350 g/mol. The van der Waals surface area contributed by atoms with E-state index in [2.05, 4.69) is 10.8 Å². The molecule has 1 aliphatic rings. The maximum absolute atomic E-state index is 12.4. The lowest BCUT2D eigenvalue weighted by molar-refractivity contribution is -0.138. The van der Waals surface area contributed by atoms with Gasteiger partial charge in [0, 0.05) is 0 Å². The molecule has 0 heterocycles. The Kier molecular flexibility index (Phi) is 5.97. The van der Waals surface area contributed by atoms with Crippen molar-refractivity contribution in [2.45, 2.75) is 44.6 Å². The lowest BCUT2D eigenvalue weighted by atomic mass is 9.77. The number of sulfonamides is 1. The van der Waals surface area contributed by atoms with Gasteiger partial charge in [-0.05, 0) is 24.8 Å². The maximum atomic E-state index is 12.4. The molecule has 0 saturated heterocycles. The van der Waals surface area contributed by atoms with E-state index in [1.807, 2.05) is 6.07 Å². The minimum absolute atomic E-state index is 0.0644. The first-order chi connectivity index (χ1) is 11.4. The number of carboxylic acid groups (broad SMARTS) is 1. The van der Waals surface area contributed by atoms with Gasteiger partial charge < -0.3 is 5.11 Å². The van der Waals surface area contributed by atoms with E-state index < -0.39 is 27.4 Å². The second kappa shape index (κ2) is 7.77. The van der Waals surface area contributed by atoms with Gasteiger partial charge >= 0.3 is 5.97 Å². The molecule has 0 aromatic heterocycles. The lowest BCUT2D eigenvalue weighted by Crippen LogP contribution is -2.46. The van der Waals surface area contributed by atoms with Crippen LogP contribution in [-0.2, 0) is 21.2 Å². The molecule has 1 aromatic rings. The van der Waals surface area contributed by atoms with Crippen molar-refractivity contribution in [2.24, 2.45) is 5.41 Å². The summed E-state index contributed by atoms with van der Waals surface area (Å²) in [6, 6.07) is 9.78. The molecule has 7 heteroatoms. The molecule has 0 amide bonds. The van der Waals surface area contributed by atoms with Crippen molar-refractivity contribution in [2.75, 3.05) is 5.75 Å². The first kappa shape index (κ1) is 18.4. The van der Waals surface area contributed by atoms with Crippen LogP contribution in [0.15, 0.2) is 30.3 Å². The van der Waals surface area contributed by atoms with Crippen LogP contribution in [0.5, 0.6) is 0 Å². The summed E-state index contributed by atoms with van der Waals surface area (Å²) in [7, 11) is -3.87. The van der Waals surface area contributed by atoms with Crippen LogP contribution in [0.2, 0.25) is 0 Å².